The number of nitrogens with zero attached hydrogens (tertiary/aromatic N) is 3. The van der Waals surface area contributed by atoms with E-state index in [1.807, 2.05) is 35.7 Å². The molecule has 4 rings (SSSR count). The molecule has 0 N–H and O–H groups in total. The molecule has 1 aromatic heterocycles. The lowest BCUT2D eigenvalue weighted by Crippen LogP contribution is -2.32. The summed E-state index contributed by atoms with van der Waals surface area (Å²) in [4.78, 5) is 43.9. The summed E-state index contributed by atoms with van der Waals surface area (Å²) >= 11 is 1.59. The van der Waals surface area contributed by atoms with Crippen LogP contribution in [0.15, 0.2) is 35.7 Å². The van der Waals surface area contributed by atoms with E-state index >= 15 is 0 Å². The first kappa shape index (κ1) is 17.9. The Bertz CT molecular complexity index is 858. The van der Waals surface area contributed by atoms with Crippen LogP contribution in [-0.2, 0) is 22.7 Å². The maximum absolute atomic E-state index is 12.6. The van der Waals surface area contributed by atoms with E-state index in [4.69, 9.17) is 0 Å². The molecular weight excluding hydrogens is 362 g/mol. The van der Waals surface area contributed by atoms with Crippen LogP contribution in [0.5, 0.6) is 0 Å². The van der Waals surface area contributed by atoms with Crippen LogP contribution in [0.25, 0.3) is 0 Å². The minimum Gasteiger partial charge on any atom is -0.263 e. The third-order valence-corrected chi connectivity index (χ3v) is 6.22. The van der Waals surface area contributed by atoms with E-state index in [2.05, 4.69) is 4.98 Å². The Hall–Kier alpha value is -2.54. The molecule has 2 fully saturated rings. The van der Waals surface area contributed by atoms with Gasteiger partial charge in [0.1, 0.15) is 0 Å². The largest absolute Gasteiger partial charge is 0.334 e. The van der Waals surface area contributed by atoms with E-state index < -0.39 is 17.8 Å². The van der Waals surface area contributed by atoms with Crippen LogP contribution >= 0.6 is 11.3 Å². The van der Waals surface area contributed by atoms with Gasteiger partial charge in [-0.05, 0) is 18.4 Å². The van der Waals surface area contributed by atoms with Crippen molar-refractivity contribution in [2.24, 2.45) is 0 Å². The van der Waals surface area contributed by atoms with Gasteiger partial charge in [0.25, 0.3) is 0 Å². The normalized spacial score (nSPS) is 18.6. The Morgan fingerprint density at radius 1 is 0.926 bits per heavy atom. The van der Waals surface area contributed by atoms with Crippen molar-refractivity contribution in [1.29, 1.82) is 0 Å². The molecular formula is C20H21N3O3S. The predicted molar refractivity (Wildman–Crippen MR) is 101 cm³/mol. The van der Waals surface area contributed by atoms with Gasteiger partial charge in [0.15, 0.2) is 0 Å². The minimum atomic E-state index is -0.775. The molecule has 1 saturated heterocycles. The molecule has 1 aliphatic carbocycles. The van der Waals surface area contributed by atoms with Crippen LogP contribution in [0.1, 0.15) is 54.3 Å². The van der Waals surface area contributed by atoms with Crippen molar-refractivity contribution in [3.05, 3.63) is 52.0 Å². The van der Waals surface area contributed by atoms with Crippen LogP contribution in [0, 0.1) is 0 Å². The van der Waals surface area contributed by atoms with Crippen molar-refractivity contribution in [3.8, 4) is 0 Å². The molecule has 1 aromatic carbocycles. The highest BCUT2D eigenvalue weighted by Gasteiger charge is 2.44. The van der Waals surface area contributed by atoms with Gasteiger partial charge in [-0.25, -0.2) is 14.7 Å². The highest BCUT2D eigenvalue weighted by Crippen LogP contribution is 2.34. The van der Waals surface area contributed by atoms with E-state index in [1.54, 1.807) is 11.3 Å². The van der Waals surface area contributed by atoms with Crippen LogP contribution in [0.4, 0.5) is 4.79 Å². The van der Waals surface area contributed by atoms with Crippen LogP contribution in [-0.4, -0.2) is 32.6 Å². The molecule has 0 bridgehead atoms. The van der Waals surface area contributed by atoms with Gasteiger partial charge >= 0.3 is 17.8 Å². The zero-order chi connectivity index (χ0) is 18.8. The summed E-state index contributed by atoms with van der Waals surface area (Å²) in [5, 5.41) is 2.98. The molecule has 0 atom stereocenters. The molecule has 1 saturated carbocycles. The lowest BCUT2D eigenvalue weighted by molar-refractivity contribution is -0.143. The predicted octanol–water partition coefficient (Wildman–Crippen LogP) is 3.68. The third-order valence-electron chi connectivity index (χ3n) is 5.16. The minimum absolute atomic E-state index is 0.0535. The maximum Gasteiger partial charge on any atom is 0.334 e. The average Bonchev–Trinajstić information content (AvgIpc) is 3.25. The van der Waals surface area contributed by atoms with E-state index in [0.29, 0.717) is 11.6 Å². The topological polar surface area (TPSA) is 70.6 Å². The average molecular weight is 383 g/mol. The quantitative estimate of drug-likeness (QED) is 0.583. The fourth-order valence-electron chi connectivity index (χ4n) is 3.69. The summed E-state index contributed by atoms with van der Waals surface area (Å²) in [7, 11) is 0. The number of carbonyl (C=O) groups is 3. The molecule has 0 unspecified atom stereocenters. The van der Waals surface area contributed by atoms with Crippen LogP contribution in [0.2, 0.25) is 0 Å². The van der Waals surface area contributed by atoms with Gasteiger partial charge in [-0.1, -0.05) is 49.6 Å². The van der Waals surface area contributed by atoms with Gasteiger partial charge in [-0.2, -0.15) is 0 Å². The van der Waals surface area contributed by atoms with Gasteiger partial charge in [0.05, 0.1) is 23.8 Å². The maximum atomic E-state index is 12.6. The number of amides is 4. The molecule has 1 aliphatic heterocycles. The highest BCUT2D eigenvalue weighted by atomic mass is 32.1. The first-order chi connectivity index (χ1) is 13.1. The van der Waals surface area contributed by atoms with Gasteiger partial charge < -0.3 is 0 Å². The Labute approximate surface area is 161 Å². The number of hydrogen-bond acceptors (Lipinski definition) is 5. The van der Waals surface area contributed by atoms with E-state index in [1.165, 1.54) is 19.3 Å². The van der Waals surface area contributed by atoms with E-state index in [0.717, 1.165) is 33.2 Å². The van der Waals surface area contributed by atoms with E-state index in [-0.39, 0.29) is 13.1 Å². The van der Waals surface area contributed by atoms with Crippen molar-refractivity contribution >= 4 is 29.2 Å². The van der Waals surface area contributed by atoms with Gasteiger partial charge in [0, 0.05) is 11.3 Å². The summed E-state index contributed by atoms with van der Waals surface area (Å²) in [6, 6.07) is 8.61. The SMILES string of the molecule is O=C1C(=O)N(Cc2csc(C3CCCCC3)n2)C(=O)N1Cc1ccccc1. The first-order valence-corrected chi connectivity index (χ1v) is 10.2. The van der Waals surface area contributed by atoms with Crippen LogP contribution in [0.3, 0.4) is 0 Å². The Morgan fingerprint density at radius 3 is 2.30 bits per heavy atom. The summed E-state index contributed by atoms with van der Waals surface area (Å²) in [6.07, 6.45) is 6.04. The molecule has 0 spiro atoms. The molecule has 2 aromatic rings. The summed E-state index contributed by atoms with van der Waals surface area (Å²) in [6.45, 7) is 0.156. The van der Waals surface area contributed by atoms with Gasteiger partial charge in [-0.3, -0.25) is 14.5 Å². The summed E-state index contributed by atoms with van der Waals surface area (Å²) in [5.74, 6) is -1.06. The number of rotatable bonds is 5. The standard InChI is InChI=1S/C20H21N3O3S/c24-18-19(25)23(20(26)22(18)11-14-7-3-1-4-8-14)12-16-13-27-17(21-16)15-9-5-2-6-10-15/h1,3-4,7-8,13,15H,2,5-6,9-12H2. The fraction of sp³-hybridized carbons (Fsp3) is 0.400. The molecule has 0 radical (unpaired) electrons. The van der Waals surface area contributed by atoms with Crippen molar-refractivity contribution in [2.45, 2.75) is 51.1 Å². The number of carbonyl (C=O) groups excluding carboxylic acids is 3. The van der Waals surface area contributed by atoms with Crippen molar-refractivity contribution in [2.75, 3.05) is 0 Å². The van der Waals surface area contributed by atoms with Gasteiger partial charge in [-0.15, -0.1) is 11.3 Å². The molecule has 4 amide bonds. The molecule has 27 heavy (non-hydrogen) atoms. The second-order valence-electron chi connectivity index (χ2n) is 7.06. The van der Waals surface area contributed by atoms with Crippen molar-refractivity contribution < 1.29 is 14.4 Å². The zero-order valence-electron chi connectivity index (χ0n) is 15.0. The van der Waals surface area contributed by atoms with E-state index in [9.17, 15) is 14.4 Å². The Morgan fingerprint density at radius 2 is 1.59 bits per heavy atom. The number of thiazole rings is 1. The number of benzene rings is 1. The Kier molecular flexibility index (Phi) is 5.03. The lowest BCUT2D eigenvalue weighted by atomic mass is 9.90. The molecule has 2 heterocycles. The first-order valence-electron chi connectivity index (χ1n) is 9.29. The monoisotopic (exact) mass is 383 g/mol. The lowest BCUT2D eigenvalue weighted by Gasteiger charge is -2.19. The smallest absolute Gasteiger partial charge is 0.263 e. The second kappa shape index (κ2) is 7.60. The fourth-order valence-corrected chi connectivity index (χ4v) is 4.67. The zero-order valence-corrected chi connectivity index (χ0v) is 15.8. The molecule has 140 valence electrons. The summed E-state index contributed by atoms with van der Waals surface area (Å²) in [5.41, 5.74) is 1.48. The van der Waals surface area contributed by atoms with Crippen LogP contribution < -0.4 is 0 Å². The second-order valence-corrected chi connectivity index (χ2v) is 7.95. The van der Waals surface area contributed by atoms with Crippen molar-refractivity contribution in [3.63, 3.8) is 0 Å². The highest BCUT2D eigenvalue weighted by molar-refractivity contribution is 7.09. The number of aromatic nitrogens is 1. The third kappa shape index (κ3) is 3.64. The molecule has 2 aliphatic rings. The molecule has 7 heteroatoms. The van der Waals surface area contributed by atoms with Crippen molar-refractivity contribution in [1.82, 2.24) is 14.8 Å². The number of urea groups is 1. The number of imide groups is 2. The summed E-state index contributed by atoms with van der Waals surface area (Å²) < 4.78 is 0. The van der Waals surface area contributed by atoms with Gasteiger partial charge in [0.2, 0.25) is 0 Å². The number of hydrogen-bond donors (Lipinski definition) is 0. The Balaban J connectivity index is 1.46. The molecule has 6 nitrogen and oxygen atoms in total.